The SMILES string of the molecule is CCOC(Cc1ccc(OCCN(CCCOC(F)(F)C(F)(F)F)C(=O)Oc2ccccc2Cl)cc1)C(=O)O. The number of halogens is 6. The van der Waals surface area contributed by atoms with E-state index in [1.807, 2.05) is 0 Å². The Bertz CT molecular complexity index is 1070. The number of benzene rings is 2. The Balaban J connectivity index is 1.97. The van der Waals surface area contributed by atoms with Crippen molar-refractivity contribution in [3.8, 4) is 11.5 Å². The lowest BCUT2D eigenvalue weighted by molar-refractivity contribution is -0.391. The topological polar surface area (TPSA) is 94.5 Å². The van der Waals surface area contributed by atoms with Crippen molar-refractivity contribution in [2.45, 2.75) is 38.2 Å². The lowest BCUT2D eigenvalue weighted by atomic mass is 10.1. The number of carbonyl (C=O) groups is 2. The van der Waals surface area contributed by atoms with Crippen LogP contribution in [-0.2, 0) is 20.7 Å². The van der Waals surface area contributed by atoms with Crippen molar-refractivity contribution in [1.29, 1.82) is 0 Å². The summed E-state index contributed by atoms with van der Waals surface area (Å²) in [4.78, 5) is 25.0. The number of hydrogen-bond acceptors (Lipinski definition) is 6. The Morgan fingerprint density at radius 3 is 2.26 bits per heavy atom. The monoisotopic (exact) mass is 583 g/mol. The molecule has 2 aromatic rings. The van der Waals surface area contributed by atoms with E-state index in [1.165, 1.54) is 12.1 Å². The first-order valence-electron chi connectivity index (χ1n) is 11.7. The molecule has 8 nitrogen and oxygen atoms in total. The largest absolute Gasteiger partial charge is 0.492 e. The standard InChI is InChI=1S/C25H27ClF5NO7/c1-2-36-21(22(33)34)16-17-8-10-18(11-9-17)37-15-13-32(12-5-14-38-25(30,31)24(27,28)29)23(35)39-20-7-4-3-6-19(20)26/h3-4,6-11,21H,2,5,12-16H2,1H3,(H,33,34). The molecule has 0 heterocycles. The quantitative estimate of drug-likeness (QED) is 0.209. The van der Waals surface area contributed by atoms with Crippen molar-refractivity contribution in [2.75, 3.05) is 32.9 Å². The molecule has 1 unspecified atom stereocenters. The second-order valence-electron chi connectivity index (χ2n) is 7.98. The number of carboxylic acids is 1. The number of nitrogens with zero attached hydrogens (tertiary/aromatic N) is 1. The molecule has 2 rings (SSSR count). The maximum absolute atomic E-state index is 13.0. The van der Waals surface area contributed by atoms with Gasteiger partial charge in [0, 0.05) is 19.6 Å². The van der Waals surface area contributed by atoms with E-state index >= 15 is 0 Å². The van der Waals surface area contributed by atoms with Gasteiger partial charge < -0.3 is 29.0 Å². The van der Waals surface area contributed by atoms with E-state index in [4.69, 9.17) is 25.8 Å². The average molecular weight is 584 g/mol. The zero-order valence-electron chi connectivity index (χ0n) is 20.8. The first kappa shape index (κ1) is 32.1. The summed E-state index contributed by atoms with van der Waals surface area (Å²) in [7, 11) is 0. The van der Waals surface area contributed by atoms with Crippen molar-refractivity contribution < 1.29 is 55.6 Å². The average Bonchev–Trinajstić information content (AvgIpc) is 2.86. The molecule has 0 saturated carbocycles. The minimum absolute atomic E-state index is 0.0252. The summed E-state index contributed by atoms with van der Waals surface area (Å²) in [5.74, 6) is -0.680. The lowest BCUT2D eigenvalue weighted by Crippen LogP contribution is -2.41. The van der Waals surface area contributed by atoms with Gasteiger partial charge in [0.05, 0.1) is 18.2 Å². The third kappa shape index (κ3) is 10.5. The molecule has 216 valence electrons. The lowest BCUT2D eigenvalue weighted by Gasteiger charge is -2.23. The molecule has 0 aromatic heterocycles. The van der Waals surface area contributed by atoms with Gasteiger partial charge in [0.25, 0.3) is 0 Å². The number of rotatable bonds is 15. The van der Waals surface area contributed by atoms with E-state index in [0.717, 1.165) is 4.90 Å². The fourth-order valence-electron chi connectivity index (χ4n) is 3.15. The zero-order valence-corrected chi connectivity index (χ0v) is 21.5. The molecule has 0 aliphatic heterocycles. The van der Waals surface area contributed by atoms with Gasteiger partial charge in [-0.2, -0.15) is 22.0 Å². The Morgan fingerprint density at radius 1 is 1.00 bits per heavy atom. The molecule has 2 aromatic carbocycles. The Labute approximate surface area is 226 Å². The highest BCUT2D eigenvalue weighted by atomic mass is 35.5. The zero-order chi connectivity index (χ0) is 29.1. The van der Waals surface area contributed by atoms with Gasteiger partial charge in [-0.05, 0) is 43.2 Å². The molecule has 1 amide bonds. The van der Waals surface area contributed by atoms with E-state index in [9.17, 15) is 36.6 Å². The van der Waals surface area contributed by atoms with Crippen LogP contribution in [0.15, 0.2) is 48.5 Å². The van der Waals surface area contributed by atoms with Crippen LogP contribution in [0.5, 0.6) is 11.5 Å². The van der Waals surface area contributed by atoms with Gasteiger partial charge in [0.1, 0.15) is 12.4 Å². The molecule has 1 atom stereocenters. The number of carboxylic acid groups (broad SMARTS) is 1. The summed E-state index contributed by atoms with van der Waals surface area (Å²) in [5, 5.41) is 9.33. The maximum atomic E-state index is 13.0. The highest BCUT2D eigenvalue weighted by Gasteiger charge is 2.59. The smallest absolute Gasteiger partial charge is 0.482 e. The van der Waals surface area contributed by atoms with E-state index in [0.29, 0.717) is 11.3 Å². The van der Waals surface area contributed by atoms with Gasteiger partial charge in [-0.25, -0.2) is 9.59 Å². The van der Waals surface area contributed by atoms with Crippen LogP contribution in [0.4, 0.5) is 26.7 Å². The van der Waals surface area contributed by atoms with Gasteiger partial charge >= 0.3 is 24.3 Å². The Morgan fingerprint density at radius 2 is 1.67 bits per heavy atom. The van der Waals surface area contributed by atoms with Crippen LogP contribution in [0, 0.1) is 0 Å². The maximum Gasteiger partial charge on any atom is 0.482 e. The minimum Gasteiger partial charge on any atom is -0.492 e. The number of para-hydroxylation sites is 1. The molecule has 0 fully saturated rings. The molecule has 0 aliphatic carbocycles. The van der Waals surface area contributed by atoms with Crippen LogP contribution in [0.2, 0.25) is 5.02 Å². The van der Waals surface area contributed by atoms with E-state index in [1.54, 1.807) is 43.3 Å². The molecule has 0 saturated heterocycles. The molecular formula is C25H27ClF5NO7. The number of amides is 1. The fourth-order valence-corrected chi connectivity index (χ4v) is 3.32. The Kier molecular flexibility index (Phi) is 12.2. The molecule has 0 radical (unpaired) electrons. The van der Waals surface area contributed by atoms with Crippen molar-refractivity contribution in [2.24, 2.45) is 0 Å². The summed E-state index contributed by atoms with van der Waals surface area (Å²) in [5.41, 5.74) is 0.684. The fraction of sp³-hybridized carbons (Fsp3) is 0.440. The highest BCUT2D eigenvalue weighted by Crippen LogP contribution is 2.36. The van der Waals surface area contributed by atoms with Gasteiger partial charge in [-0.1, -0.05) is 35.9 Å². The van der Waals surface area contributed by atoms with Crippen LogP contribution in [0.25, 0.3) is 0 Å². The normalized spacial score (nSPS) is 12.6. The van der Waals surface area contributed by atoms with Gasteiger partial charge in [-0.15, -0.1) is 0 Å². The van der Waals surface area contributed by atoms with Crippen molar-refractivity contribution in [3.63, 3.8) is 0 Å². The number of hydrogen-bond donors (Lipinski definition) is 1. The third-order valence-electron chi connectivity index (χ3n) is 5.10. The van der Waals surface area contributed by atoms with E-state index < -0.39 is 37.1 Å². The third-order valence-corrected chi connectivity index (χ3v) is 5.41. The summed E-state index contributed by atoms with van der Waals surface area (Å²) in [6, 6.07) is 12.5. The molecule has 0 spiro atoms. The highest BCUT2D eigenvalue weighted by molar-refractivity contribution is 6.32. The molecule has 1 N–H and O–H groups in total. The minimum atomic E-state index is -5.86. The molecule has 39 heavy (non-hydrogen) atoms. The van der Waals surface area contributed by atoms with E-state index in [2.05, 4.69) is 4.74 Å². The van der Waals surface area contributed by atoms with E-state index in [-0.39, 0.29) is 49.9 Å². The van der Waals surface area contributed by atoms with Gasteiger partial charge in [0.15, 0.2) is 11.9 Å². The summed E-state index contributed by atoms with van der Waals surface area (Å²) < 4.78 is 82.5. The van der Waals surface area contributed by atoms with Crippen LogP contribution in [-0.4, -0.2) is 73.4 Å². The second-order valence-corrected chi connectivity index (χ2v) is 8.39. The predicted octanol–water partition coefficient (Wildman–Crippen LogP) is 5.81. The number of aliphatic carboxylic acids is 1. The van der Waals surface area contributed by atoms with Crippen molar-refractivity contribution in [1.82, 2.24) is 4.90 Å². The number of carbonyl (C=O) groups excluding carboxylic acids is 1. The van der Waals surface area contributed by atoms with Crippen LogP contribution in [0.1, 0.15) is 18.9 Å². The molecular weight excluding hydrogens is 557 g/mol. The first-order chi connectivity index (χ1) is 18.3. The summed E-state index contributed by atoms with van der Waals surface area (Å²) in [6.07, 6.45) is -13.3. The second kappa shape index (κ2) is 14.8. The van der Waals surface area contributed by atoms with Gasteiger partial charge in [0.2, 0.25) is 0 Å². The Hall–Kier alpha value is -3.16. The van der Waals surface area contributed by atoms with Crippen molar-refractivity contribution in [3.05, 3.63) is 59.1 Å². The summed E-state index contributed by atoms with van der Waals surface area (Å²) in [6.45, 7) is 0.451. The predicted molar refractivity (Wildman–Crippen MR) is 129 cm³/mol. The summed E-state index contributed by atoms with van der Waals surface area (Å²) >= 11 is 5.99. The number of ether oxygens (including phenoxy) is 4. The van der Waals surface area contributed by atoms with Crippen LogP contribution in [0.3, 0.4) is 0 Å². The number of alkyl halides is 5. The van der Waals surface area contributed by atoms with Crippen LogP contribution >= 0.6 is 11.6 Å². The van der Waals surface area contributed by atoms with Crippen LogP contribution < -0.4 is 9.47 Å². The first-order valence-corrected chi connectivity index (χ1v) is 12.1. The molecule has 14 heteroatoms. The molecule has 0 aliphatic rings. The molecule has 0 bridgehead atoms. The van der Waals surface area contributed by atoms with Crippen molar-refractivity contribution >= 4 is 23.7 Å². The van der Waals surface area contributed by atoms with Gasteiger partial charge in [-0.3, -0.25) is 0 Å².